The van der Waals surface area contributed by atoms with Crippen molar-refractivity contribution < 1.29 is 14.7 Å². The molecule has 0 saturated heterocycles. The summed E-state index contributed by atoms with van der Waals surface area (Å²) in [4.78, 5) is 28.0. The van der Waals surface area contributed by atoms with Crippen LogP contribution in [0.4, 0.5) is 0 Å². The zero-order valence-electron chi connectivity index (χ0n) is 9.54. The van der Waals surface area contributed by atoms with Gasteiger partial charge in [-0.3, -0.25) is 9.59 Å². The summed E-state index contributed by atoms with van der Waals surface area (Å²) in [5, 5.41) is 17.4. The van der Waals surface area contributed by atoms with Crippen LogP contribution in [0.25, 0.3) is 0 Å². The number of carboxylic acid groups (broad SMARTS) is 1. The standard InChI is InChI=1S/C12H11N3O3/c13-5-8-1-4-10(14-6-8)12(18)15(7-11(16)17)9-2-3-9/h1,4,6,9H,2-3,7H2,(H,16,17). The monoisotopic (exact) mass is 245 g/mol. The first-order chi connectivity index (χ1) is 8.61. The fourth-order valence-electron chi connectivity index (χ4n) is 1.63. The number of aromatic nitrogens is 1. The fraction of sp³-hybridized carbons (Fsp3) is 0.333. The van der Waals surface area contributed by atoms with Crippen LogP contribution in [0, 0.1) is 11.3 Å². The zero-order valence-corrected chi connectivity index (χ0v) is 9.54. The average Bonchev–Trinajstić information content (AvgIpc) is 3.19. The Morgan fingerprint density at radius 3 is 2.67 bits per heavy atom. The molecule has 18 heavy (non-hydrogen) atoms. The van der Waals surface area contributed by atoms with E-state index in [1.54, 1.807) is 0 Å². The number of aliphatic carboxylic acids is 1. The van der Waals surface area contributed by atoms with Gasteiger partial charge in [0.05, 0.1) is 5.56 Å². The summed E-state index contributed by atoms with van der Waals surface area (Å²) < 4.78 is 0. The molecule has 1 N–H and O–H groups in total. The lowest BCUT2D eigenvalue weighted by Crippen LogP contribution is -2.37. The lowest BCUT2D eigenvalue weighted by Gasteiger charge is -2.19. The second-order valence-corrected chi connectivity index (χ2v) is 4.10. The largest absolute Gasteiger partial charge is 0.480 e. The van der Waals surface area contributed by atoms with Crippen LogP contribution in [0.3, 0.4) is 0 Å². The number of rotatable bonds is 4. The van der Waals surface area contributed by atoms with Gasteiger partial charge >= 0.3 is 5.97 Å². The summed E-state index contributed by atoms with van der Waals surface area (Å²) in [6, 6.07) is 4.85. The minimum atomic E-state index is -1.04. The highest BCUT2D eigenvalue weighted by atomic mass is 16.4. The molecule has 0 aliphatic heterocycles. The Morgan fingerprint density at radius 1 is 1.50 bits per heavy atom. The Bertz CT molecular complexity index is 514. The van der Waals surface area contributed by atoms with E-state index in [0.717, 1.165) is 12.8 Å². The molecule has 2 rings (SSSR count). The van der Waals surface area contributed by atoms with Crippen molar-refractivity contribution in [3.05, 3.63) is 29.6 Å². The summed E-state index contributed by atoms with van der Waals surface area (Å²) in [7, 11) is 0. The van der Waals surface area contributed by atoms with Crippen molar-refractivity contribution in [2.45, 2.75) is 18.9 Å². The predicted octanol–water partition coefficient (Wildman–Crippen LogP) is 0.642. The Balaban J connectivity index is 2.16. The normalized spacial score (nSPS) is 13.7. The molecule has 1 aromatic heterocycles. The van der Waals surface area contributed by atoms with E-state index in [2.05, 4.69) is 4.98 Å². The van der Waals surface area contributed by atoms with Gasteiger partial charge in [-0.2, -0.15) is 5.26 Å². The number of amides is 1. The van der Waals surface area contributed by atoms with Crippen molar-refractivity contribution in [3.63, 3.8) is 0 Å². The number of nitriles is 1. The minimum Gasteiger partial charge on any atom is -0.480 e. The smallest absolute Gasteiger partial charge is 0.323 e. The summed E-state index contributed by atoms with van der Waals surface area (Å²) in [6.45, 7) is -0.314. The molecule has 0 radical (unpaired) electrons. The molecule has 1 aliphatic carbocycles. The van der Waals surface area contributed by atoms with E-state index in [1.807, 2.05) is 6.07 Å². The van der Waals surface area contributed by atoms with E-state index in [0.29, 0.717) is 5.56 Å². The molecule has 6 heteroatoms. The van der Waals surface area contributed by atoms with Gasteiger partial charge in [0.15, 0.2) is 0 Å². The van der Waals surface area contributed by atoms with Gasteiger partial charge in [-0.15, -0.1) is 0 Å². The molecule has 1 aromatic rings. The Kier molecular flexibility index (Phi) is 3.24. The van der Waals surface area contributed by atoms with Crippen LogP contribution in [-0.2, 0) is 4.79 Å². The maximum absolute atomic E-state index is 12.1. The lowest BCUT2D eigenvalue weighted by atomic mass is 10.2. The minimum absolute atomic E-state index is 0.00560. The summed E-state index contributed by atoms with van der Waals surface area (Å²) in [5.41, 5.74) is 0.532. The van der Waals surface area contributed by atoms with E-state index in [-0.39, 0.29) is 18.3 Å². The third-order valence-electron chi connectivity index (χ3n) is 2.67. The van der Waals surface area contributed by atoms with E-state index < -0.39 is 11.9 Å². The quantitative estimate of drug-likeness (QED) is 0.840. The molecule has 0 atom stereocenters. The molecule has 0 unspecified atom stereocenters. The van der Waals surface area contributed by atoms with Crippen molar-refractivity contribution in [1.29, 1.82) is 5.26 Å². The van der Waals surface area contributed by atoms with E-state index in [9.17, 15) is 9.59 Å². The number of hydrogen-bond acceptors (Lipinski definition) is 4. The van der Waals surface area contributed by atoms with Crippen molar-refractivity contribution in [1.82, 2.24) is 9.88 Å². The third-order valence-corrected chi connectivity index (χ3v) is 2.67. The van der Waals surface area contributed by atoms with Crippen molar-refractivity contribution >= 4 is 11.9 Å². The van der Waals surface area contributed by atoms with Crippen LogP contribution in [-0.4, -0.2) is 39.5 Å². The highest BCUT2D eigenvalue weighted by molar-refractivity contribution is 5.94. The second-order valence-electron chi connectivity index (χ2n) is 4.10. The molecule has 1 amide bonds. The summed E-state index contributed by atoms with van der Waals surface area (Å²) in [5.74, 6) is -1.44. The van der Waals surface area contributed by atoms with Gasteiger partial charge < -0.3 is 10.0 Å². The molecule has 0 spiro atoms. The topological polar surface area (TPSA) is 94.3 Å². The van der Waals surface area contributed by atoms with Crippen molar-refractivity contribution in [3.8, 4) is 6.07 Å². The van der Waals surface area contributed by atoms with Crippen LogP contribution < -0.4 is 0 Å². The van der Waals surface area contributed by atoms with Crippen LogP contribution >= 0.6 is 0 Å². The molecule has 0 aromatic carbocycles. The maximum atomic E-state index is 12.1. The lowest BCUT2D eigenvalue weighted by molar-refractivity contribution is -0.137. The summed E-state index contributed by atoms with van der Waals surface area (Å²) in [6.07, 6.45) is 2.96. The number of carbonyl (C=O) groups is 2. The molecular formula is C12H11N3O3. The predicted molar refractivity (Wildman–Crippen MR) is 60.6 cm³/mol. The highest BCUT2D eigenvalue weighted by Crippen LogP contribution is 2.27. The van der Waals surface area contributed by atoms with Gasteiger partial charge in [-0.05, 0) is 25.0 Å². The Hall–Kier alpha value is -2.42. The Labute approximate surface area is 103 Å². The third kappa shape index (κ3) is 2.63. The highest BCUT2D eigenvalue weighted by Gasteiger charge is 2.34. The first-order valence-corrected chi connectivity index (χ1v) is 5.50. The number of carboxylic acids is 1. The van der Waals surface area contributed by atoms with Crippen LogP contribution in [0.15, 0.2) is 18.3 Å². The Morgan fingerprint density at radius 2 is 2.22 bits per heavy atom. The molecule has 1 heterocycles. The SMILES string of the molecule is N#Cc1ccc(C(=O)N(CC(=O)O)C2CC2)nc1. The summed E-state index contributed by atoms with van der Waals surface area (Å²) >= 11 is 0. The first kappa shape index (κ1) is 12.0. The number of nitrogens with zero attached hydrogens (tertiary/aromatic N) is 3. The van der Waals surface area contributed by atoms with Gasteiger partial charge in [-0.25, -0.2) is 4.98 Å². The molecule has 92 valence electrons. The van der Waals surface area contributed by atoms with Crippen molar-refractivity contribution in [2.24, 2.45) is 0 Å². The zero-order chi connectivity index (χ0) is 13.1. The van der Waals surface area contributed by atoms with Crippen LogP contribution in [0.1, 0.15) is 28.9 Å². The van der Waals surface area contributed by atoms with Crippen LogP contribution in [0.2, 0.25) is 0 Å². The molecule has 1 fully saturated rings. The second kappa shape index (κ2) is 4.84. The van der Waals surface area contributed by atoms with Gasteiger partial charge in [-0.1, -0.05) is 0 Å². The molecular weight excluding hydrogens is 234 g/mol. The first-order valence-electron chi connectivity index (χ1n) is 5.50. The fourth-order valence-corrected chi connectivity index (χ4v) is 1.63. The number of carbonyl (C=O) groups excluding carboxylic acids is 1. The molecule has 0 bridgehead atoms. The molecule has 6 nitrogen and oxygen atoms in total. The van der Waals surface area contributed by atoms with E-state index in [1.165, 1.54) is 23.2 Å². The molecule has 1 saturated carbocycles. The maximum Gasteiger partial charge on any atom is 0.323 e. The van der Waals surface area contributed by atoms with Crippen molar-refractivity contribution in [2.75, 3.05) is 6.54 Å². The van der Waals surface area contributed by atoms with Gasteiger partial charge in [0.25, 0.3) is 5.91 Å². The van der Waals surface area contributed by atoms with Gasteiger partial charge in [0.2, 0.25) is 0 Å². The van der Waals surface area contributed by atoms with E-state index >= 15 is 0 Å². The number of pyridine rings is 1. The van der Waals surface area contributed by atoms with E-state index in [4.69, 9.17) is 10.4 Å². The molecule has 1 aliphatic rings. The van der Waals surface area contributed by atoms with Gasteiger partial charge in [0, 0.05) is 12.2 Å². The van der Waals surface area contributed by atoms with Crippen LogP contribution in [0.5, 0.6) is 0 Å². The average molecular weight is 245 g/mol. The van der Waals surface area contributed by atoms with Gasteiger partial charge in [0.1, 0.15) is 18.3 Å². The number of hydrogen-bond donors (Lipinski definition) is 1.